The summed E-state index contributed by atoms with van der Waals surface area (Å²) in [6.07, 6.45) is -0.107. The quantitative estimate of drug-likeness (QED) is 0.398. The summed E-state index contributed by atoms with van der Waals surface area (Å²) in [4.78, 5) is 37.8. The van der Waals surface area contributed by atoms with Crippen molar-refractivity contribution < 1.29 is 29.3 Å². The van der Waals surface area contributed by atoms with Gasteiger partial charge in [-0.2, -0.15) is 0 Å². The second kappa shape index (κ2) is 9.47. The van der Waals surface area contributed by atoms with Gasteiger partial charge in [0.15, 0.2) is 0 Å². The van der Waals surface area contributed by atoms with Gasteiger partial charge in [-0.05, 0) is 44.4 Å². The summed E-state index contributed by atoms with van der Waals surface area (Å²) in [5, 5.41) is 21.8. The van der Waals surface area contributed by atoms with Crippen LogP contribution in [0.5, 0.6) is 5.75 Å². The van der Waals surface area contributed by atoms with E-state index in [0.717, 1.165) is 5.56 Å². The maximum Gasteiger partial charge on any atom is 0.295 e. The van der Waals surface area contributed by atoms with Crippen molar-refractivity contribution in [1.29, 1.82) is 0 Å². The number of Topliss-reactive ketones (excluding diaryl/α,β-unsaturated/α-hetero) is 1. The topological polar surface area (TPSA) is 107 Å². The van der Waals surface area contributed by atoms with E-state index in [1.165, 1.54) is 4.90 Å². The number of nitrogens with zero attached hydrogens (tertiary/aromatic N) is 1. The standard InChI is InChI=1S/C24H25NO6/c1-3-31-18-12-10-16(11-13-18)21-20(22(28)17-8-6-15(2)7-9-17)23(29)24(30)25(21)14-4-5-19(26)27/h6-13,21,28H,3-5,14H2,1-2H3,(H,26,27)/p-1/t21-/m0/s1. The number of aliphatic hydroxyl groups excluding tert-OH is 1. The summed E-state index contributed by atoms with van der Waals surface area (Å²) in [7, 11) is 0. The number of aliphatic hydroxyl groups is 1. The van der Waals surface area contributed by atoms with Crippen LogP contribution in [0.15, 0.2) is 54.1 Å². The van der Waals surface area contributed by atoms with E-state index in [0.29, 0.717) is 23.5 Å². The first-order valence-corrected chi connectivity index (χ1v) is 10.1. The number of ether oxygens (including phenoxy) is 1. The lowest BCUT2D eigenvalue weighted by Gasteiger charge is -2.25. The average molecular weight is 422 g/mol. The van der Waals surface area contributed by atoms with Gasteiger partial charge in [0.1, 0.15) is 11.5 Å². The Labute approximate surface area is 180 Å². The zero-order valence-electron chi connectivity index (χ0n) is 17.5. The highest BCUT2D eigenvalue weighted by Gasteiger charge is 2.45. The lowest BCUT2D eigenvalue weighted by atomic mass is 9.95. The zero-order chi connectivity index (χ0) is 22.5. The number of benzene rings is 2. The smallest absolute Gasteiger partial charge is 0.295 e. The first-order chi connectivity index (χ1) is 14.8. The third-order valence-electron chi connectivity index (χ3n) is 5.15. The van der Waals surface area contributed by atoms with Crippen LogP contribution >= 0.6 is 0 Å². The van der Waals surface area contributed by atoms with Gasteiger partial charge in [-0.1, -0.05) is 42.0 Å². The minimum absolute atomic E-state index is 0.0218. The summed E-state index contributed by atoms with van der Waals surface area (Å²) in [5.41, 5.74) is 2.01. The van der Waals surface area contributed by atoms with E-state index < -0.39 is 23.7 Å². The maximum absolute atomic E-state index is 12.9. The van der Waals surface area contributed by atoms with Crippen molar-refractivity contribution in [3.63, 3.8) is 0 Å². The van der Waals surface area contributed by atoms with Crippen molar-refractivity contribution in [2.24, 2.45) is 0 Å². The molecule has 1 amide bonds. The van der Waals surface area contributed by atoms with Gasteiger partial charge >= 0.3 is 0 Å². The molecule has 7 nitrogen and oxygen atoms in total. The van der Waals surface area contributed by atoms with Gasteiger partial charge < -0.3 is 24.6 Å². The van der Waals surface area contributed by atoms with Gasteiger partial charge in [0.2, 0.25) is 0 Å². The largest absolute Gasteiger partial charge is 0.550 e. The van der Waals surface area contributed by atoms with Crippen LogP contribution < -0.4 is 9.84 Å². The highest BCUT2D eigenvalue weighted by atomic mass is 16.5. The molecule has 0 spiro atoms. The molecule has 1 saturated heterocycles. The van der Waals surface area contributed by atoms with Crippen molar-refractivity contribution in [2.45, 2.75) is 32.7 Å². The van der Waals surface area contributed by atoms with Gasteiger partial charge in [0.25, 0.3) is 11.7 Å². The highest BCUT2D eigenvalue weighted by Crippen LogP contribution is 2.40. The summed E-state index contributed by atoms with van der Waals surface area (Å²) in [5.74, 6) is -2.43. The monoisotopic (exact) mass is 422 g/mol. The fourth-order valence-corrected chi connectivity index (χ4v) is 3.63. The van der Waals surface area contributed by atoms with E-state index in [1.54, 1.807) is 48.5 Å². The Morgan fingerprint density at radius 1 is 1.10 bits per heavy atom. The Hall–Kier alpha value is -3.61. The molecule has 1 atom stereocenters. The van der Waals surface area contributed by atoms with E-state index in [1.807, 2.05) is 13.8 Å². The number of carboxylic acids is 1. The molecular weight excluding hydrogens is 398 g/mol. The van der Waals surface area contributed by atoms with Gasteiger partial charge in [-0.25, -0.2) is 0 Å². The minimum atomic E-state index is -1.23. The first-order valence-electron chi connectivity index (χ1n) is 10.1. The molecule has 0 aromatic heterocycles. The summed E-state index contributed by atoms with van der Waals surface area (Å²) in [6, 6.07) is 13.1. The number of carbonyl (C=O) groups excluding carboxylic acids is 3. The van der Waals surface area contributed by atoms with Gasteiger partial charge in [0.05, 0.1) is 18.2 Å². The maximum atomic E-state index is 12.9. The van der Waals surface area contributed by atoms with Gasteiger partial charge in [0, 0.05) is 18.1 Å². The van der Waals surface area contributed by atoms with Crippen LogP contribution in [0, 0.1) is 6.92 Å². The number of amides is 1. The Morgan fingerprint density at radius 3 is 2.32 bits per heavy atom. The number of aryl methyl sites for hydroxylation is 1. The van der Waals surface area contributed by atoms with E-state index in [-0.39, 0.29) is 30.7 Å². The molecule has 2 aromatic rings. The van der Waals surface area contributed by atoms with E-state index >= 15 is 0 Å². The molecule has 1 heterocycles. The van der Waals surface area contributed by atoms with E-state index in [2.05, 4.69) is 0 Å². The van der Waals surface area contributed by atoms with Crippen LogP contribution in [-0.2, 0) is 14.4 Å². The number of hydrogen-bond donors (Lipinski definition) is 1. The second-order valence-electron chi connectivity index (χ2n) is 7.34. The normalized spacial score (nSPS) is 17.7. The molecule has 0 bridgehead atoms. The van der Waals surface area contributed by atoms with Crippen molar-refractivity contribution >= 4 is 23.4 Å². The van der Waals surface area contributed by atoms with Crippen molar-refractivity contribution in [3.8, 4) is 5.75 Å². The molecule has 0 aliphatic carbocycles. The molecule has 0 unspecified atom stereocenters. The van der Waals surface area contributed by atoms with Crippen molar-refractivity contribution in [1.82, 2.24) is 4.90 Å². The Balaban J connectivity index is 2.06. The predicted molar refractivity (Wildman–Crippen MR) is 112 cm³/mol. The third-order valence-corrected chi connectivity index (χ3v) is 5.15. The number of likely N-dealkylation sites (tertiary alicyclic amines) is 1. The second-order valence-corrected chi connectivity index (χ2v) is 7.34. The van der Waals surface area contributed by atoms with Crippen LogP contribution in [-0.4, -0.2) is 40.8 Å². The van der Waals surface area contributed by atoms with Crippen LogP contribution in [0.25, 0.3) is 5.76 Å². The number of carbonyl (C=O) groups is 3. The highest BCUT2D eigenvalue weighted by molar-refractivity contribution is 6.46. The molecule has 1 aliphatic rings. The molecule has 1 fully saturated rings. The molecule has 3 rings (SSSR count). The lowest BCUT2D eigenvalue weighted by Crippen LogP contribution is -2.32. The summed E-state index contributed by atoms with van der Waals surface area (Å²) in [6.45, 7) is 4.30. The molecule has 162 valence electrons. The van der Waals surface area contributed by atoms with Crippen LogP contribution in [0.4, 0.5) is 0 Å². The molecule has 0 saturated carbocycles. The zero-order valence-corrected chi connectivity index (χ0v) is 17.5. The van der Waals surface area contributed by atoms with Crippen molar-refractivity contribution in [3.05, 3.63) is 70.8 Å². The Kier molecular flexibility index (Phi) is 6.74. The van der Waals surface area contributed by atoms with Crippen LogP contribution in [0.2, 0.25) is 0 Å². The third kappa shape index (κ3) is 4.77. The molecule has 2 aromatic carbocycles. The summed E-state index contributed by atoms with van der Waals surface area (Å²) < 4.78 is 5.46. The van der Waals surface area contributed by atoms with Gasteiger partial charge in [-0.3, -0.25) is 9.59 Å². The van der Waals surface area contributed by atoms with E-state index in [4.69, 9.17) is 4.74 Å². The Bertz CT molecular complexity index is 1010. The fraction of sp³-hybridized carbons (Fsp3) is 0.292. The van der Waals surface area contributed by atoms with Crippen LogP contribution in [0.1, 0.15) is 42.5 Å². The number of aliphatic carboxylic acids is 1. The number of carboxylic acid groups (broad SMARTS) is 1. The summed E-state index contributed by atoms with van der Waals surface area (Å²) >= 11 is 0. The fourth-order valence-electron chi connectivity index (χ4n) is 3.63. The predicted octanol–water partition coefficient (Wildman–Crippen LogP) is 2.35. The molecule has 1 N–H and O–H groups in total. The molecule has 31 heavy (non-hydrogen) atoms. The van der Waals surface area contributed by atoms with Crippen LogP contribution in [0.3, 0.4) is 0 Å². The van der Waals surface area contributed by atoms with Crippen molar-refractivity contribution in [2.75, 3.05) is 13.2 Å². The lowest BCUT2D eigenvalue weighted by molar-refractivity contribution is -0.305. The Morgan fingerprint density at radius 2 is 1.74 bits per heavy atom. The SMILES string of the molecule is CCOc1ccc([C@H]2C(=C(O)c3ccc(C)cc3)C(=O)C(=O)N2CCCC(=O)[O-])cc1. The number of ketones is 1. The van der Waals surface area contributed by atoms with E-state index in [9.17, 15) is 24.6 Å². The molecule has 7 heteroatoms. The first kappa shape index (κ1) is 22.1. The molecular formula is C24H24NO6-. The number of rotatable bonds is 8. The average Bonchev–Trinajstić information content (AvgIpc) is 2.99. The molecule has 1 aliphatic heterocycles. The molecule has 0 radical (unpaired) electrons. The minimum Gasteiger partial charge on any atom is -0.550 e. The number of hydrogen-bond acceptors (Lipinski definition) is 6. The van der Waals surface area contributed by atoms with Gasteiger partial charge in [-0.15, -0.1) is 0 Å².